The number of aromatic nitrogens is 1. The Balaban J connectivity index is 1.23. The van der Waals surface area contributed by atoms with Crippen molar-refractivity contribution in [3.63, 3.8) is 0 Å². The second-order valence-corrected chi connectivity index (χ2v) is 7.77. The van der Waals surface area contributed by atoms with E-state index in [1.807, 2.05) is 24.3 Å². The fraction of sp³-hybridized carbons (Fsp3) is 0.500. The summed E-state index contributed by atoms with van der Waals surface area (Å²) >= 11 is 0. The fourth-order valence-electron chi connectivity index (χ4n) is 4.08. The van der Waals surface area contributed by atoms with Gasteiger partial charge in [-0.1, -0.05) is 0 Å². The zero-order valence-corrected chi connectivity index (χ0v) is 14.3. The number of nitrogens with one attached hydrogen (secondary N) is 2. The van der Waals surface area contributed by atoms with E-state index in [2.05, 4.69) is 15.6 Å². The molecule has 5 nitrogen and oxygen atoms in total. The molecule has 0 radical (unpaired) electrons. The summed E-state index contributed by atoms with van der Waals surface area (Å²) in [7, 11) is 0. The molecule has 1 aliphatic heterocycles. The summed E-state index contributed by atoms with van der Waals surface area (Å²) in [5.41, 5.74) is 2.12. The number of hydrogen-bond acceptors (Lipinski definition) is 4. The highest BCUT2D eigenvalue weighted by Crippen LogP contribution is 2.58. The molecule has 1 amide bonds. The fourth-order valence-corrected chi connectivity index (χ4v) is 4.08. The Morgan fingerprint density at radius 1 is 1.20 bits per heavy atom. The van der Waals surface area contributed by atoms with Crippen LogP contribution in [-0.2, 0) is 4.79 Å². The summed E-state index contributed by atoms with van der Waals surface area (Å²) in [6, 6.07) is 7.87. The summed E-state index contributed by atoms with van der Waals surface area (Å²) in [5, 5.41) is 6.46. The Labute approximate surface area is 147 Å². The largest absolute Gasteiger partial charge is 0.440 e. The van der Waals surface area contributed by atoms with Gasteiger partial charge < -0.3 is 15.1 Å². The first-order chi connectivity index (χ1) is 12.2. The molecule has 1 aromatic heterocycles. The predicted molar refractivity (Wildman–Crippen MR) is 95.2 cm³/mol. The Kier molecular flexibility index (Phi) is 3.45. The highest BCUT2D eigenvalue weighted by atomic mass is 16.4. The molecule has 2 heterocycles. The first-order valence-electron chi connectivity index (χ1n) is 9.31. The van der Waals surface area contributed by atoms with Crippen LogP contribution < -0.4 is 10.6 Å². The van der Waals surface area contributed by atoms with Gasteiger partial charge in [-0.15, -0.1) is 0 Å². The van der Waals surface area contributed by atoms with Gasteiger partial charge in [-0.25, -0.2) is 4.98 Å². The number of carbonyl (C=O) groups is 1. The van der Waals surface area contributed by atoms with Crippen LogP contribution in [0.4, 0.5) is 5.69 Å². The Bertz CT molecular complexity index is 786. The number of anilines is 1. The molecule has 2 aliphatic carbocycles. The average molecular weight is 337 g/mol. The molecule has 0 bridgehead atoms. The highest BCUT2D eigenvalue weighted by Gasteiger charge is 2.57. The van der Waals surface area contributed by atoms with E-state index in [4.69, 9.17) is 4.42 Å². The van der Waals surface area contributed by atoms with Gasteiger partial charge in [0, 0.05) is 23.1 Å². The van der Waals surface area contributed by atoms with Gasteiger partial charge >= 0.3 is 0 Å². The molecule has 2 N–H and O–H groups in total. The molecule has 1 atom stereocenters. The van der Waals surface area contributed by atoms with Crippen molar-refractivity contribution in [2.45, 2.75) is 38.0 Å². The maximum atomic E-state index is 12.5. The van der Waals surface area contributed by atoms with E-state index in [0.29, 0.717) is 5.92 Å². The van der Waals surface area contributed by atoms with Crippen molar-refractivity contribution in [1.82, 2.24) is 10.3 Å². The minimum absolute atomic E-state index is 0.172. The summed E-state index contributed by atoms with van der Waals surface area (Å²) in [6.45, 7) is 2.08. The maximum absolute atomic E-state index is 12.5. The van der Waals surface area contributed by atoms with Gasteiger partial charge in [0.25, 0.3) is 0 Å². The van der Waals surface area contributed by atoms with Crippen LogP contribution in [0, 0.1) is 11.3 Å². The van der Waals surface area contributed by atoms with Gasteiger partial charge in [0.1, 0.15) is 0 Å². The Morgan fingerprint density at radius 2 is 1.96 bits per heavy atom. The van der Waals surface area contributed by atoms with E-state index < -0.39 is 0 Å². The number of oxazole rings is 1. The van der Waals surface area contributed by atoms with Crippen molar-refractivity contribution in [2.75, 3.05) is 18.4 Å². The molecule has 5 rings (SSSR count). The predicted octanol–water partition coefficient (Wildman–Crippen LogP) is 3.55. The molecule has 3 fully saturated rings. The standard InChI is InChI=1S/C20H23N3O2/c24-18(16-11-20(16)7-9-21-10-8-20)23-15-5-3-13(4-6-15)17-12-22-19(25-17)14-1-2-14/h3-6,12,14,16,21H,1-2,7-11H2,(H,23,24). The van der Waals surface area contributed by atoms with Crippen LogP contribution in [0.3, 0.4) is 0 Å². The Morgan fingerprint density at radius 3 is 2.68 bits per heavy atom. The van der Waals surface area contributed by atoms with Gasteiger partial charge in [0.15, 0.2) is 11.7 Å². The summed E-state index contributed by atoms with van der Waals surface area (Å²) in [4.78, 5) is 16.9. The quantitative estimate of drug-likeness (QED) is 0.895. The maximum Gasteiger partial charge on any atom is 0.228 e. The lowest BCUT2D eigenvalue weighted by molar-refractivity contribution is -0.118. The van der Waals surface area contributed by atoms with Crippen LogP contribution in [0.1, 0.15) is 43.9 Å². The van der Waals surface area contributed by atoms with Gasteiger partial charge in [0.2, 0.25) is 5.91 Å². The third-order valence-electron chi connectivity index (χ3n) is 5.99. The number of rotatable bonds is 4. The molecule has 1 spiro atoms. The number of hydrogen-bond donors (Lipinski definition) is 2. The van der Waals surface area contributed by atoms with Crippen LogP contribution in [-0.4, -0.2) is 24.0 Å². The van der Waals surface area contributed by atoms with E-state index in [1.165, 1.54) is 12.8 Å². The van der Waals surface area contributed by atoms with E-state index in [0.717, 1.165) is 55.3 Å². The summed E-state index contributed by atoms with van der Waals surface area (Å²) in [5.74, 6) is 2.53. The van der Waals surface area contributed by atoms with E-state index in [9.17, 15) is 4.79 Å². The van der Waals surface area contributed by atoms with Crippen molar-refractivity contribution < 1.29 is 9.21 Å². The Hall–Kier alpha value is -2.14. The van der Waals surface area contributed by atoms with E-state index in [1.54, 1.807) is 6.20 Å². The van der Waals surface area contributed by atoms with Crippen LogP contribution in [0.25, 0.3) is 11.3 Å². The smallest absolute Gasteiger partial charge is 0.228 e. The molecular formula is C20H23N3O2. The lowest BCUT2D eigenvalue weighted by atomic mass is 9.92. The average Bonchev–Trinajstić information content (AvgIpc) is 3.55. The van der Waals surface area contributed by atoms with Gasteiger partial charge in [-0.05, 0) is 74.9 Å². The third-order valence-corrected chi connectivity index (χ3v) is 5.99. The molecule has 5 heteroatoms. The van der Waals surface area contributed by atoms with Crippen LogP contribution in [0.15, 0.2) is 34.9 Å². The lowest BCUT2D eigenvalue weighted by Crippen LogP contribution is -2.31. The minimum Gasteiger partial charge on any atom is -0.440 e. The monoisotopic (exact) mass is 337 g/mol. The van der Waals surface area contributed by atoms with Crippen LogP contribution in [0.5, 0.6) is 0 Å². The molecule has 130 valence electrons. The molecular weight excluding hydrogens is 314 g/mol. The summed E-state index contributed by atoms with van der Waals surface area (Å²) in [6.07, 6.45) is 7.46. The zero-order valence-electron chi connectivity index (χ0n) is 14.3. The number of carbonyl (C=O) groups excluding carboxylic acids is 1. The van der Waals surface area contributed by atoms with Crippen molar-refractivity contribution >= 4 is 11.6 Å². The van der Waals surface area contributed by atoms with Gasteiger partial charge in [0.05, 0.1) is 6.20 Å². The zero-order chi connectivity index (χ0) is 16.9. The molecule has 2 aromatic rings. The molecule has 1 unspecified atom stereocenters. The van der Waals surface area contributed by atoms with Crippen molar-refractivity contribution in [1.29, 1.82) is 0 Å². The molecule has 2 saturated carbocycles. The second-order valence-electron chi connectivity index (χ2n) is 7.77. The second kappa shape index (κ2) is 5.70. The first-order valence-corrected chi connectivity index (χ1v) is 9.31. The highest BCUT2D eigenvalue weighted by molar-refractivity contribution is 5.95. The minimum atomic E-state index is 0.172. The third kappa shape index (κ3) is 2.86. The van der Waals surface area contributed by atoms with Crippen molar-refractivity contribution in [3.05, 3.63) is 36.4 Å². The van der Waals surface area contributed by atoms with Crippen molar-refractivity contribution in [2.24, 2.45) is 11.3 Å². The molecule has 1 aromatic carbocycles. The first kappa shape index (κ1) is 15.1. The lowest BCUT2D eigenvalue weighted by Gasteiger charge is -2.23. The molecule has 1 saturated heterocycles. The SMILES string of the molecule is O=C(Nc1ccc(-c2cnc(C3CC3)o2)cc1)C1CC12CCNCC2. The number of amides is 1. The van der Waals surface area contributed by atoms with Gasteiger partial charge in [-0.3, -0.25) is 4.79 Å². The molecule has 25 heavy (non-hydrogen) atoms. The van der Waals surface area contributed by atoms with E-state index in [-0.39, 0.29) is 17.2 Å². The van der Waals surface area contributed by atoms with Crippen LogP contribution in [0.2, 0.25) is 0 Å². The van der Waals surface area contributed by atoms with Crippen molar-refractivity contribution in [3.8, 4) is 11.3 Å². The number of nitrogens with zero attached hydrogens (tertiary/aromatic N) is 1. The number of piperidine rings is 1. The van der Waals surface area contributed by atoms with Crippen LogP contribution >= 0.6 is 0 Å². The normalized spacial score (nSPS) is 24.2. The summed E-state index contributed by atoms with van der Waals surface area (Å²) < 4.78 is 5.83. The molecule has 3 aliphatic rings. The van der Waals surface area contributed by atoms with E-state index >= 15 is 0 Å². The topological polar surface area (TPSA) is 67.2 Å². The van der Waals surface area contributed by atoms with Gasteiger partial charge in [-0.2, -0.15) is 0 Å². The number of benzene rings is 1.